The first kappa shape index (κ1) is 19.5. The number of thiazole rings is 1. The van der Waals surface area contributed by atoms with Crippen molar-refractivity contribution in [2.24, 2.45) is 0 Å². The molecule has 0 radical (unpaired) electrons. The zero-order chi connectivity index (χ0) is 19.6. The van der Waals surface area contributed by atoms with Gasteiger partial charge in [0, 0.05) is 34.3 Å². The Balaban J connectivity index is 1.68. The molecule has 0 aliphatic heterocycles. The lowest BCUT2D eigenvalue weighted by molar-refractivity contribution is 0.102. The number of sulfone groups is 1. The third kappa shape index (κ3) is 4.94. The molecule has 5 nitrogen and oxygen atoms in total. The maximum absolute atomic E-state index is 12.3. The Labute approximate surface area is 167 Å². The molecule has 3 rings (SSSR count). The second kappa shape index (κ2) is 7.80. The molecule has 0 fully saturated rings. The van der Waals surface area contributed by atoms with Crippen molar-refractivity contribution in [2.75, 3.05) is 11.6 Å². The molecule has 8 heteroatoms. The van der Waals surface area contributed by atoms with E-state index in [4.69, 9.17) is 11.6 Å². The number of carbonyl (C=O) groups is 1. The number of benzene rings is 2. The van der Waals surface area contributed by atoms with E-state index in [1.165, 1.54) is 35.6 Å². The van der Waals surface area contributed by atoms with Crippen molar-refractivity contribution < 1.29 is 13.2 Å². The predicted octanol–water partition coefficient (Wildman–Crippen LogP) is 4.35. The van der Waals surface area contributed by atoms with Gasteiger partial charge in [-0.25, -0.2) is 13.4 Å². The Morgan fingerprint density at radius 2 is 1.89 bits per heavy atom. The fourth-order valence-corrected chi connectivity index (χ4v) is 4.09. The zero-order valence-electron chi connectivity index (χ0n) is 14.7. The summed E-state index contributed by atoms with van der Waals surface area (Å²) in [5.74, 6) is -0.339. The number of nitrogens with zero attached hydrogens (tertiary/aromatic N) is 1. The summed E-state index contributed by atoms with van der Waals surface area (Å²) in [6.45, 7) is 1.95. The second-order valence-electron chi connectivity index (χ2n) is 6.14. The second-order valence-corrected chi connectivity index (χ2v) is 9.68. The lowest BCUT2D eigenvalue weighted by Crippen LogP contribution is -2.11. The molecular weight excluding hydrogens is 404 g/mol. The number of rotatable bonds is 5. The van der Waals surface area contributed by atoms with E-state index in [2.05, 4.69) is 10.3 Å². The van der Waals surface area contributed by atoms with Crippen LogP contribution in [0.15, 0.2) is 53.6 Å². The summed E-state index contributed by atoms with van der Waals surface area (Å²) in [6.07, 6.45) is 3.53. The van der Waals surface area contributed by atoms with Gasteiger partial charge in [-0.1, -0.05) is 23.7 Å². The van der Waals surface area contributed by atoms with Crippen molar-refractivity contribution in [3.63, 3.8) is 0 Å². The number of hydrogen-bond donors (Lipinski definition) is 1. The van der Waals surface area contributed by atoms with Crippen molar-refractivity contribution >= 4 is 43.8 Å². The number of aryl methyl sites for hydroxylation is 1. The lowest BCUT2D eigenvalue weighted by atomic mass is 10.1. The standard InChI is InChI=1S/C19H17ClN2O3S2/c1-12-3-4-13(10-17(12)20)9-15-11-21-19(26-15)22-18(23)14-5-7-16(8-6-14)27(2,24)25/h3-8,10-11H,9H2,1-2H3,(H,21,22,23). The molecule has 140 valence electrons. The zero-order valence-corrected chi connectivity index (χ0v) is 17.1. The fraction of sp³-hybridized carbons (Fsp3) is 0.158. The summed E-state index contributed by atoms with van der Waals surface area (Å²) in [5, 5.41) is 3.95. The number of hydrogen-bond acceptors (Lipinski definition) is 5. The van der Waals surface area contributed by atoms with Crippen LogP contribution in [-0.2, 0) is 16.3 Å². The van der Waals surface area contributed by atoms with E-state index in [1.807, 2.05) is 25.1 Å². The first-order valence-corrected chi connectivity index (χ1v) is 11.1. The number of aromatic nitrogens is 1. The number of amides is 1. The number of halogens is 1. The van der Waals surface area contributed by atoms with Gasteiger partial charge in [-0.3, -0.25) is 10.1 Å². The molecule has 0 spiro atoms. The van der Waals surface area contributed by atoms with Crippen LogP contribution in [-0.4, -0.2) is 25.6 Å². The molecule has 0 saturated heterocycles. The van der Waals surface area contributed by atoms with Crippen LogP contribution in [0.25, 0.3) is 0 Å². The number of carbonyl (C=O) groups excluding carboxylic acids is 1. The van der Waals surface area contributed by atoms with Crippen LogP contribution in [0.2, 0.25) is 5.02 Å². The Morgan fingerprint density at radius 3 is 2.52 bits per heavy atom. The molecule has 0 unspecified atom stereocenters. The van der Waals surface area contributed by atoms with Crippen molar-refractivity contribution in [3.8, 4) is 0 Å². The maximum Gasteiger partial charge on any atom is 0.257 e. The summed E-state index contributed by atoms with van der Waals surface area (Å²) in [7, 11) is -3.29. The van der Waals surface area contributed by atoms with Crippen LogP contribution in [0.3, 0.4) is 0 Å². The Kier molecular flexibility index (Phi) is 5.64. The summed E-state index contributed by atoms with van der Waals surface area (Å²) in [4.78, 5) is 17.7. The molecule has 27 heavy (non-hydrogen) atoms. The molecule has 1 amide bonds. The van der Waals surface area contributed by atoms with Gasteiger partial charge in [0.05, 0.1) is 4.90 Å². The van der Waals surface area contributed by atoms with E-state index in [9.17, 15) is 13.2 Å². The highest BCUT2D eigenvalue weighted by molar-refractivity contribution is 7.90. The van der Waals surface area contributed by atoms with E-state index in [0.29, 0.717) is 17.1 Å². The van der Waals surface area contributed by atoms with Crippen molar-refractivity contribution in [3.05, 3.63) is 75.3 Å². The first-order valence-electron chi connectivity index (χ1n) is 8.03. The minimum atomic E-state index is -3.29. The third-order valence-electron chi connectivity index (χ3n) is 3.93. The maximum atomic E-state index is 12.3. The highest BCUT2D eigenvalue weighted by Crippen LogP contribution is 2.24. The summed E-state index contributed by atoms with van der Waals surface area (Å²) < 4.78 is 23.0. The van der Waals surface area contributed by atoms with Gasteiger partial charge in [0.2, 0.25) is 0 Å². The average molecular weight is 421 g/mol. The van der Waals surface area contributed by atoms with Gasteiger partial charge in [0.15, 0.2) is 15.0 Å². The minimum absolute atomic E-state index is 0.173. The smallest absolute Gasteiger partial charge is 0.257 e. The van der Waals surface area contributed by atoms with E-state index >= 15 is 0 Å². The molecular formula is C19H17ClN2O3S2. The molecule has 1 aromatic heterocycles. The molecule has 1 N–H and O–H groups in total. The van der Waals surface area contributed by atoms with Crippen LogP contribution in [0.1, 0.15) is 26.4 Å². The van der Waals surface area contributed by atoms with Gasteiger partial charge >= 0.3 is 0 Å². The molecule has 3 aromatic rings. The van der Waals surface area contributed by atoms with Crippen molar-refractivity contribution in [1.29, 1.82) is 0 Å². The highest BCUT2D eigenvalue weighted by Gasteiger charge is 2.12. The summed E-state index contributed by atoms with van der Waals surface area (Å²) in [6, 6.07) is 11.7. The Bertz CT molecular complexity index is 1090. The van der Waals surface area contributed by atoms with Crippen LogP contribution < -0.4 is 5.32 Å². The van der Waals surface area contributed by atoms with Crippen LogP contribution in [0.4, 0.5) is 5.13 Å². The van der Waals surface area contributed by atoms with Gasteiger partial charge in [0.25, 0.3) is 5.91 Å². The molecule has 0 bridgehead atoms. The molecule has 0 atom stereocenters. The quantitative estimate of drug-likeness (QED) is 0.665. The van der Waals surface area contributed by atoms with Crippen molar-refractivity contribution in [1.82, 2.24) is 4.98 Å². The van der Waals surface area contributed by atoms with Crippen LogP contribution >= 0.6 is 22.9 Å². The van der Waals surface area contributed by atoms with Gasteiger partial charge in [-0.2, -0.15) is 0 Å². The van der Waals surface area contributed by atoms with Crippen LogP contribution in [0, 0.1) is 6.92 Å². The van der Waals surface area contributed by atoms with Gasteiger partial charge in [-0.15, -0.1) is 11.3 Å². The minimum Gasteiger partial charge on any atom is -0.298 e. The topological polar surface area (TPSA) is 76.1 Å². The van der Waals surface area contributed by atoms with Gasteiger partial charge in [0.1, 0.15) is 0 Å². The molecule has 0 saturated carbocycles. The molecule has 0 aliphatic carbocycles. The lowest BCUT2D eigenvalue weighted by Gasteiger charge is -2.03. The SMILES string of the molecule is Cc1ccc(Cc2cnc(NC(=O)c3ccc(S(C)(=O)=O)cc3)s2)cc1Cl. The van der Waals surface area contributed by atoms with E-state index in [-0.39, 0.29) is 10.8 Å². The monoisotopic (exact) mass is 420 g/mol. The van der Waals surface area contributed by atoms with E-state index < -0.39 is 9.84 Å². The van der Waals surface area contributed by atoms with Crippen molar-refractivity contribution in [2.45, 2.75) is 18.2 Å². The third-order valence-corrected chi connectivity index (χ3v) is 6.38. The molecule has 0 aliphatic rings. The first-order chi connectivity index (χ1) is 12.7. The summed E-state index contributed by atoms with van der Waals surface area (Å²) in [5.41, 5.74) is 2.47. The van der Waals surface area contributed by atoms with Crippen LogP contribution in [0.5, 0.6) is 0 Å². The molecule has 2 aromatic carbocycles. The largest absolute Gasteiger partial charge is 0.298 e. The summed E-state index contributed by atoms with van der Waals surface area (Å²) >= 11 is 7.54. The predicted molar refractivity (Wildman–Crippen MR) is 109 cm³/mol. The normalized spacial score (nSPS) is 11.4. The van der Waals surface area contributed by atoms with Gasteiger partial charge in [-0.05, 0) is 48.4 Å². The highest BCUT2D eigenvalue weighted by atomic mass is 35.5. The molecule has 1 heterocycles. The van der Waals surface area contributed by atoms with E-state index in [1.54, 1.807) is 6.20 Å². The number of nitrogens with one attached hydrogen (secondary N) is 1. The Hall–Kier alpha value is -2.22. The number of anilines is 1. The fourth-order valence-electron chi connectivity index (χ4n) is 2.42. The average Bonchev–Trinajstić information content (AvgIpc) is 3.04. The Morgan fingerprint density at radius 1 is 1.19 bits per heavy atom. The van der Waals surface area contributed by atoms with E-state index in [0.717, 1.165) is 27.3 Å². The van der Waals surface area contributed by atoms with Gasteiger partial charge < -0.3 is 0 Å².